The van der Waals surface area contributed by atoms with Crippen molar-refractivity contribution in [3.63, 3.8) is 0 Å². The van der Waals surface area contributed by atoms with Gasteiger partial charge in [-0.25, -0.2) is 0 Å². The van der Waals surface area contributed by atoms with Gasteiger partial charge in [0.25, 0.3) is 0 Å². The number of nitrogens with zero attached hydrogens (tertiary/aromatic N) is 1. The summed E-state index contributed by atoms with van der Waals surface area (Å²) in [5.74, 6) is 1.04. The van der Waals surface area contributed by atoms with Crippen LogP contribution in [0.15, 0.2) is 36.4 Å². The third kappa shape index (κ3) is 2.82. The minimum absolute atomic E-state index is 0.637. The van der Waals surface area contributed by atoms with Gasteiger partial charge < -0.3 is 4.74 Å². The minimum Gasteiger partial charge on any atom is -0.478 e. The first-order chi connectivity index (χ1) is 9.61. The molecule has 0 unspecified atom stereocenters. The maximum Gasteiger partial charge on any atom is 0.142 e. The third-order valence-corrected chi connectivity index (χ3v) is 3.93. The Kier molecular flexibility index (Phi) is 3.68. The molecule has 0 fully saturated rings. The molecule has 0 aromatic heterocycles. The van der Waals surface area contributed by atoms with E-state index in [1.54, 1.807) is 0 Å². The molecule has 0 radical (unpaired) electrons. The molecule has 3 heteroatoms. The molecule has 1 aliphatic heterocycles. The minimum atomic E-state index is 0.637. The van der Waals surface area contributed by atoms with Crippen molar-refractivity contribution in [2.24, 2.45) is 0 Å². The zero-order valence-corrected chi connectivity index (χ0v) is 12.6. The summed E-state index contributed by atoms with van der Waals surface area (Å²) in [5, 5.41) is 0.778. The van der Waals surface area contributed by atoms with E-state index in [1.807, 2.05) is 12.1 Å². The Labute approximate surface area is 124 Å². The van der Waals surface area contributed by atoms with Crippen LogP contribution in [0.3, 0.4) is 0 Å². The largest absolute Gasteiger partial charge is 0.478 e. The smallest absolute Gasteiger partial charge is 0.142 e. The molecule has 0 aliphatic carbocycles. The molecule has 0 amide bonds. The molecule has 2 aromatic carbocycles. The summed E-state index contributed by atoms with van der Waals surface area (Å²) in [4.78, 5) is 2.30. The second-order valence-corrected chi connectivity index (χ2v) is 5.88. The Bertz CT molecular complexity index is 622. The fraction of sp³-hybridized carbons (Fsp3) is 0.294. The van der Waals surface area contributed by atoms with Crippen LogP contribution in [-0.2, 0) is 13.1 Å². The van der Waals surface area contributed by atoms with Crippen molar-refractivity contribution in [1.82, 2.24) is 4.90 Å². The second-order valence-electron chi connectivity index (χ2n) is 5.45. The van der Waals surface area contributed by atoms with E-state index in [1.165, 1.54) is 22.3 Å². The fourth-order valence-corrected chi connectivity index (χ4v) is 2.80. The average molecular weight is 288 g/mol. The molecule has 0 N–H and O–H groups in total. The van der Waals surface area contributed by atoms with Crippen LogP contribution >= 0.6 is 11.6 Å². The zero-order valence-electron chi connectivity index (χ0n) is 11.8. The van der Waals surface area contributed by atoms with Crippen LogP contribution in [0.4, 0.5) is 0 Å². The van der Waals surface area contributed by atoms with Crippen LogP contribution in [-0.4, -0.2) is 11.6 Å². The van der Waals surface area contributed by atoms with Crippen molar-refractivity contribution >= 4 is 11.6 Å². The van der Waals surface area contributed by atoms with Crippen molar-refractivity contribution in [1.29, 1.82) is 0 Å². The highest BCUT2D eigenvalue weighted by molar-refractivity contribution is 6.30. The van der Waals surface area contributed by atoms with Gasteiger partial charge in [-0.05, 0) is 48.7 Å². The summed E-state index contributed by atoms with van der Waals surface area (Å²) >= 11 is 5.92. The number of ether oxygens (including phenoxy) is 1. The van der Waals surface area contributed by atoms with Gasteiger partial charge >= 0.3 is 0 Å². The summed E-state index contributed by atoms with van der Waals surface area (Å²) in [6.07, 6.45) is 0. The molecule has 0 atom stereocenters. The second kappa shape index (κ2) is 5.47. The Morgan fingerprint density at radius 2 is 1.90 bits per heavy atom. The number of fused-ring (bicyclic) bond motifs is 1. The maximum atomic E-state index is 5.92. The van der Waals surface area contributed by atoms with E-state index in [4.69, 9.17) is 16.3 Å². The Balaban J connectivity index is 1.77. The van der Waals surface area contributed by atoms with Crippen molar-refractivity contribution < 1.29 is 4.74 Å². The van der Waals surface area contributed by atoms with Crippen LogP contribution in [0.25, 0.3) is 0 Å². The van der Waals surface area contributed by atoms with Crippen LogP contribution in [0, 0.1) is 13.8 Å². The summed E-state index contributed by atoms with van der Waals surface area (Å²) in [6, 6.07) is 12.4. The van der Waals surface area contributed by atoms with Crippen LogP contribution in [0.2, 0.25) is 5.02 Å². The van der Waals surface area contributed by atoms with Gasteiger partial charge in [-0.2, -0.15) is 0 Å². The van der Waals surface area contributed by atoms with Gasteiger partial charge in [-0.3, -0.25) is 4.90 Å². The molecular formula is C17H18ClNO. The highest BCUT2D eigenvalue weighted by Gasteiger charge is 2.19. The van der Waals surface area contributed by atoms with Gasteiger partial charge in [-0.1, -0.05) is 29.8 Å². The van der Waals surface area contributed by atoms with E-state index in [0.29, 0.717) is 6.73 Å². The highest BCUT2D eigenvalue weighted by Crippen LogP contribution is 2.30. The fourth-order valence-electron chi connectivity index (χ4n) is 2.67. The predicted octanol–water partition coefficient (Wildman–Crippen LogP) is 4.31. The van der Waals surface area contributed by atoms with E-state index in [-0.39, 0.29) is 0 Å². The van der Waals surface area contributed by atoms with E-state index in [0.717, 1.165) is 23.9 Å². The first kappa shape index (κ1) is 13.5. The number of halogens is 1. The predicted molar refractivity (Wildman–Crippen MR) is 82.1 cm³/mol. The Morgan fingerprint density at radius 3 is 2.65 bits per heavy atom. The normalized spacial score (nSPS) is 14.8. The van der Waals surface area contributed by atoms with Gasteiger partial charge in [0.1, 0.15) is 12.5 Å². The quantitative estimate of drug-likeness (QED) is 0.816. The van der Waals surface area contributed by atoms with E-state index >= 15 is 0 Å². The Morgan fingerprint density at radius 1 is 1.15 bits per heavy atom. The monoisotopic (exact) mass is 287 g/mol. The standard InChI is InChI=1S/C17H18ClNO/c1-12-7-13(2)16-10-19(11-20-17(16)8-12)9-14-3-5-15(18)6-4-14/h3-8H,9-11H2,1-2H3. The van der Waals surface area contributed by atoms with Crippen molar-refractivity contribution in [3.8, 4) is 5.75 Å². The molecule has 0 saturated carbocycles. The van der Waals surface area contributed by atoms with Crippen LogP contribution in [0.5, 0.6) is 5.75 Å². The molecule has 3 rings (SSSR count). The van der Waals surface area contributed by atoms with Crippen molar-refractivity contribution in [2.75, 3.05) is 6.73 Å². The lowest BCUT2D eigenvalue weighted by atomic mass is 10.0. The lowest BCUT2D eigenvalue weighted by Gasteiger charge is -2.30. The molecule has 1 aliphatic rings. The molecular weight excluding hydrogens is 270 g/mol. The SMILES string of the molecule is Cc1cc(C)c2c(c1)OCN(Cc1ccc(Cl)cc1)C2. The summed E-state index contributed by atoms with van der Waals surface area (Å²) in [6.45, 7) is 6.71. The van der Waals surface area contributed by atoms with Gasteiger partial charge in [0.2, 0.25) is 0 Å². The summed E-state index contributed by atoms with van der Waals surface area (Å²) in [7, 11) is 0. The average Bonchev–Trinajstić information content (AvgIpc) is 2.42. The van der Waals surface area contributed by atoms with Crippen molar-refractivity contribution in [2.45, 2.75) is 26.9 Å². The molecule has 0 saturated heterocycles. The number of rotatable bonds is 2. The van der Waals surface area contributed by atoms with Gasteiger partial charge in [-0.15, -0.1) is 0 Å². The summed E-state index contributed by atoms with van der Waals surface area (Å²) in [5.41, 5.74) is 5.12. The van der Waals surface area contributed by atoms with Gasteiger partial charge in [0.05, 0.1) is 0 Å². The van der Waals surface area contributed by atoms with Gasteiger partial charge in [0.15, 0.2) is 0 Å². The lowest BCUT2D eigenvalue weighted by Crippen LogP contribution is -2.32. The van der Waals surface area contributed by atoms with Crippen molar-refractivity contribution in [3.05, 3.63) is 63.7 Å². The number of aryl methyl sites for hydroxylation is 2. The first-order valence-electron chi connectivity index (χ1n) is 6.81. The van der Waals surface area contributed by atoms with E-state index in [9.17, 15) is 0 Å². The van der Waals surface area contributed by atoms with Gasteiger partial charge in [0, 0.05) is 23.7 Å². The topological polar surface area (TPSA) is 12.5 Å². The van der Waals surface area contributed by atoms with E-state index < -0.39 is 0 Å². The first-order valence-corrected chi connectivity index (χ1v) is 7.19. The molecule has 2 nitrogen and oxygen atoms in total. The number of benzene rings is 2. The molecule has 1 heterocycles. The molecule has 0 bridgehead atoms. The number of hydrogen-bond acceptors (Lipinski definition) is 2. The lowest BCUT2D eigenvalue weighted by molar-refractivity contribution is 0.0882. The molecule has 0 spiro atoms. The molecule has 20 heavy (non-hydrogen) atoms. The maximum absolute atomic E-state index is 5.92. The third-order valence-electron chi connectivity index (χ3n) is 3.68. The van der Waals surface area contributed by atoms with Crippen LogP contribution in [0.1, 0.15) is 22.3 Å². The highest BCUT2D eigenvalue weighted by atomic mass is 35.5. The zero-order chi connectivity index (χ0) is 14.1. The summed E-state index contributed by atoms with van der Waals surface area (Å²) < 4.78 is 5.89. The van der Waals surface area contributed by atoms with Crippen LogP contribution < -0.4 is 4.74 Å². The van der Waals surface area contributed by atoms with E-state index in [2.05, 4.69) is 43.0 Å². The Hall–Kier alpha value is -1.51. The molecule has 104 valence electrons. The molecule has 2 aromatic rings. The number of hydrogen-bond donors (Lipinski definition) is 0.